The van der Waals surface area contributed by atoms with Gasteiger partial charge in [-0.15, -0.1) is 0 Å². The summed E-state index contributed by atoms with van der Waals surface area (Å²) in [5.41, 5.74) is 0.996. The van der Waals surface area contributed by atoms with Gasteiger partial charge in [0, 0.05) is 11.6 Å². The molecule has 2 aromatic rings. The summed E-state index contributed by atoms with van der Waals surface area (Å²) in [4.78, 5) is 11.9. The summed E-state index contributed by atoms with van der Waals surface area (Å²) < 4.78 is 5.36. The predicted molar refractivity (Wildman–Crippen MR) is 77.4 cm³/mol. The van der Waals surface area contributed by atoms with E-state index in [1.807, 2.05) is 6.07 Å². The maximum atomic E-state index is 11.9. The SMILES string of the molecule is N#Cc1ccc(C(=O)COc2ccc(Cl)c(Cl)c2)cc1. The molecule has 0 aliphatic heterocycles. The van der Waals surface area contributed by atoms with Crippen LogP contribution in [0.5, 0.6) is 5.75 Å². The third kappa shape index (κ3) is 3.51. The van der Waals surface area contributed by atoms with Crippen LogP contribution in [0.2, 0.25) is 10.0 Å². The quantitative estimate of drug-likeness (QED) is 0.798. The molecule has 20 heavy (non-hydrogen) atoms. The Balaban J connectivity index is 2.01. The molecule has 0 saturated carbocycles. The molecular weight excluding hydrogens is 297 g/mol. The maximum absolute atomic E-state index is 11.9. The molecule has 0 saturated heterocycles. The molecule has 0 bridgehead atoms. The van der Waals surface area contributed by atoms with Crippen molar-refractivity contribution in [1.29, 1.82) is 5.26 Å². The Hall–Kier alpha value is -2.02. The lowest BCUT2D eigenvalue weighted by molar-refractivity contribution is 0.0921. The lowest BCUT2D eigenvalue weighted by atomic mass is 10.1. The number of hydrogen-bond acceptors (Lipinski definition) is 3. The van der Waals surface area contributed by atoms with Crippen LogP contribution in [-0.4, -0.2) is 12.4 Å². The lowest BCUT2D eigenvalue weighted by Crippen LogP contribution is -2.11. The summed E-state index contributed by atoms with van der Waals surface area (Å²) >= 11 is 11.6. The molecule has 0 amide bonds. The van der Waals surface area contributed by atoms with E-state index in [2.05, 4.69) is 0 Å². The molecule has 2 rings (SSSR count). The first-order valence-electron chi connectivity index (χ1n) is 5.71. The number of Topliss-reactive ketones (excluding diaryl/α,β-unsaturated/α-hetero) is 1. The first kappa shape index (κ1) is 14.4. The van der Waals surface area contributed by atoms with Crippen LogP contribution in [-0.2, 0) is 0 Å². The molecule has 5 heteroatoms. The van der Waals surface area contributed by atoms with Crippen molar-refractivity contribution in [2.24, 2.45) is 0 Å². The molecule has 0 aromatic heterocycles. The standard InChI is InChI=1S/C15H9Cl2NO2/c16-13-6-5-12(7-14(13)17)20-9-15(19)11-3-1-10(8-18)2-4-11/h1-7H,9H2. The van der Waals surface area contributed by atoms with E-state index in [9.17, 15) is 4.79 Å². The summed E-state index contributed by atoms with van der Waals surface area (Å²) in [5.74, 6) is 0.293. The smallest absolute Gasteiger partial charge is 0.200 e. The highest BCUT2D eigenvalue weighted by Gasteiger charge is 2.08. The van der Waals surface area contributed by atoms with Gasteiger partial charge in [0.05, 0.1) is 21.7 Å². The predicted octanol–water partition coefficient (Wildman–Crippen LogP) is 4.13. The normalized spacial score (nSPS) is 9.85. The molecule has 0 heterocycles. The highest BCUT2D eigenvalue weighted by molar-refractivity contribution is 6.42. The average Bonchev–Trinajstić information content (AvgIpc) is 2.48. The van der Waals surface area contributed by atoms with Gasteiger partial charge in [-0.3, -0.25) is 4.79 Å². The number of benzene rings is 2. The second-order valence-electron chi connectivity index (χ2n) is 3.98. The molecule has 0 aliphatic carbocycles. The number of ketones is 1. The minimum absolute atomic E-state index is 0.107. The molecule has 0 atom stereocenters. The molecule has 2 aromatic carbocycles. The fourth-order valence-electron chi connectivity index (χ4n) is 1.53. The average molecular weight is 306 g/mol. The molecule has 0 fully saturated rings. The zero-order chi connectivity index (χ0) is 14.5. The van der Waals surface area contributed by atoms with Crippen LogP contribution in [0.25, 0.3) is 0 Å². The van der Waals surface area contributed by atoms with Crippen molar-refractivity contribution in [2.45, 2.75) is 0 Å². The Bertz CT molecular complexity index is 675. The number of hydrogen-bond donors (Lipinski definition) is 0. The van der Waals surface area contributed by atoms with E-state index in [0.717, 1.165) is 0 Å². The number of rotatable bonds is 4. The summed E-state index contributed by atoms with van der Waals surface area (Å²) in [7, 11) is 0. The fourth-order valence-corrected chi connectivity index (χ4v) is 1.82. The van der Waals surface area contributed by atoms with E-state index in [-0.39, 0.29) is 12.4 Å². The van der Waals surface area contributed by atoms with Gasteiger partial charge in [-0.2, -0.15) is 5.26 Å². The monoisotopic (exact) mass is 305 g/mol. The van der Waals surface area contributed by atoms with Crippen molar-refractivity contribution in [2.75, 3.05) is 6.61 Å². The van der Waals surface area contributed by atoms with Crippen LogP contribution in [0.1, 0.15) is 15.9 Å². The van der Waals surface area contributed by atoms with Gasteiger partial charge in [0.2, 0.25) is 0 Å². The van der Waals surface area contributed by atoms with Crippen molar-refractivity contribution < 1.29 is 9.53 Å². The Labute approximate surface area is 126 Å². The summed E-state index contributed by atoms with van der Waals surface area (Å²) in [6, 6.07) is 13.2. The molecule has 0 spiro atoms. The van der Waals surface area contributed by atoms with Gasteiger partial charge >= 0.3 is 0 Å². The van der Waals surface area contributed by atoms with Gasteiger partial charge in [0.1, 0.15) is 5.75 Å². The second kappa shape index (κ2) is 6.42. The van der Waals surface area contributed by atoms with E-state index in [4.69, 9.17) is 33.2 Å². The molecule has 3 nitrogen and oxygen atoms in total. The molecular formula is C15H9Cl2NO2. The van der Waals surface area contributed by atoms with E-state index in [1.54, 1.807) is 42.5 Å². The topological polar surface area (TPSA) is 50.1 Å². The van der Waals surface area contributed by atoms with E-state index >= 15 is 0 Å². The first-order valence-corrected chi connectivity index (χ1v) is 6.47. The van der Waals surface area contributed by atoms with Crippen LogP contribution in [0, 0.1) is 11.3 Å². The van der Waals surface area contributed by atoms with Gasteiger partial charge in [-0.25, -0.2) is 0 Å². The largest absolute Gasteiger partial charge is 0.485 e. The molecule has 0 aliphatic rings. The van der Waals surface area contributed by atoms with Crippen LogP contribution < -0.4 is 4.74 Å². The first-order chi connectivity index (χ1) is 9.60. The van der Waals surface area contributed by atoms with E-state index in [0.29, 0.717) is 26.9 Å². The van der Waals surface area contributed by atoms with Crippen LogP contribution >= 0.6 is 23.2 Å². The highest BCUT2D eigenvalue weighted by atomic mass is 35.5. The van der Waals surface area contributed by atoms with Crippen LogP contribution in [0.15, 0.2) is 42.5 Å². The Morgan fingerprint density at radius 3 is 2.40 bits per heavy atom. The Morgan fingerprint density at radius 1 is 1.10 bits per heavy atom. The van der Waals surface area contributed by atoms with Gasteiger partial charge in [0.25, 0.3) is 0 Å². The number of nitriles is 1. The summed E-state index contributed by atoms with van der Waals surface area (Å²) in [6.45, 7) is -0.107. The Morgan fingerprint density at radius 2 is 1.80 bits per heavy atom. The molecule has 0 N–H and O–H groups in total. The third-order valence-corrected chi connectivity index (χ3v) is 3.34. The molecule has 0 unspecified atom stereocenters. The van der Waals surface area contributed by atoms with E-state index in [1.165, 1.54) is 0 Å². The van der Waals surface area contributed by atoms with Gasteiger partial charge < -0.3 is 4.74 Å². The van der Waals surface area contributed by atoms with Crippen molar-refractivity contribution >= 4 is 29.0 Å². The van der Waals surface area contributed by atoms with Crippen molar-refractivity contribution in [3.63, 3.8) is 0 Å². The lowest BCUT2D eigenvalue weighted by Gasteiger charge is -2.06. The molecule has 100 valence electrons. The van der Waals surface area contributed by atoms with Crippen LogP contribution in [0.4, 0.5) is 0 Å². The summed E-state index contributed by atoms with van der Waals surface area (Å²) in [5, 5.41) is 9.48. The van der Waals surface area contributed by atoms with E-state index < -0.39 is 0 Å². The number of ether oxygens (including phenoxy) is 1. The fraction of sp³-hybridized carbons (Fsp3) is 0.0667. The van der Waals surface area contributed by atoms with Gasteiger partial charge in [-0.05, 0) is 36.4 Å². The zero-order valence-corrected chi connectivity index (χ0v) is 11.8. The third-order valence-electron chi connectivity index (χ3n) is 2.60. The van der Waals surface area contributed by atoms with Gasteiger partial charge in [0.15, 0.2) is 12.4 Å². The van der Waals surface area contributed by atoms with Crippen molar-refractivity contribution in [1.82, 2.24) is 0 Å². The van der Waals surface area contributed by atoms with Crippen molar-refractivity contribution in [3.8, 4) is 11.8 Å². The Kier molecular flexibility index (Phi) is 4.62. The second-order valence-corrected chi connectivity index (χ2v) is 4.79. The van der Waals surface area contributed by atoms with Crippen LogP contribution in [0.3, 0.4) is 0 Å². The van der Waals surface area contributed by atoms with Crippen molar-refractivity contribution in [3.05, 3.63) is 63.6 Å². The minimum atomic E-state index is -0.180. The minimum Gasteiger partial charge on any atom is -0.485 e. The van der Waals surface area contributed by atoms with Gasteiger partial charge in [-0.1, -0.05) is 23.2 Å². The number of halogens is 2. The number of nitrogens with zero attached hydrogens (tertiary/aromatic N) is 1. The molecule has 0 radical (unpaired) electrons. The number of carbonyl (C=O) groups excluding carboxylic acids is 1. The maximum Gasteiger partial charge on any atom is 0.200 e. The zero-order valence-electron chi connectivity index (χ0n) is 10.3. The summed E-state index contributed by atoms with van der Waals surface area (Å²) in [6.07, 6.45) is 0. The number of carbonyl (C=O) groups is 1. The highest BCUT2D eigenvalue weighted by Crippen LogP contribution is 2.26.